The molecular formula is C11H14N6O3S. The summed E-state index contributed by atoms with van der Waals surface area (Å²) in [6.07, 6.45) is 1.72. The highest BCUT2D eigenvalue weighted by Gasteiger charge is 2.23. The fourth-order valence-corrected chi connectivity index (χ4v) is 2.78. The summed E-state index contributed by atoms with van der Waals surface area (Å²) >= 11 is 1.07. The molecule has 0 saturated carbocycles. The second-order valence-corrected chi connectivity index (χ2v) is 5.04. The molecule has 0 saturated heterocycles. The van der Waals surface area contributed by atoms with Crippen LogP contribution in [0.3, 0.4) is 0 Å². The lowest BCUT2D eigenvalue weighted by molar-refractivity contribution is 0.0967. The molecule has 0 radical (unpaired) electrons. The Balaban J connectivity index is 2.17. The van der Waals surface area contributed by atoms with Crippen LogP contribution < -0.4 is 22.1 Å². The summed E-state index contributed by atoms with van der Waals surface area (Å²) in [7, 11) is 1.48. The molecule has 0 aliphatic heterocycles. The molecule has 2 amide bonds. The highest BCUT2D eigenvalue weighted by molar-refractivity contribution is 7.19. The van der Waals surface area contributed by atoms with Crippen LogP contribution in [-0.2, 0) is 6.42 Å². The number of amides is 2. The zero-order chi connectivity index (χ0) is 15.4. The lowest BCUT2D eigenvalue weighted by Crippen LogP contribution is -2.19. The lowest BCUT2D eigenvalue weighted by Gasteiger charge is -2.03. The number of hydrogen-bond acceptors (Lipinski definition) is 8. The molecule has 0 unspecified atom stereocenters. The van der Waals surface area contributed by atoms with Gasteiger partial charge >= 0.3 is 0 Å². The number of anilines is 2. The first kappa shape index (κ1) is 14.8. The fourth-order valence-electron chi connectivity index (χ4n) is 1.69. The van der Waals surface area contributed by atoms with Crippen molar-refractivity contribution in [2.75, 3.05) is 24.6 Å². The Labute approximate surface area is 123 Å². The van der Waals surface area contributed by atoms with E-state index < -0.39 is 5.91 Å². The number of nitrogens with two attached hydrogens (primary N) is 2. The summed E-state index contributed by atoms with van der Waals surface area (Å²) in [5.74, 6) is -0.536. The maximum atomic E-state index is 11.7. The summed E-state index contributed by atoms with van der Waals surface area (Å²) in [5, 5.41) is 9.58. The zero-order valence-electron chi connectivity index (χ0n) is 11.2. The van der Waals surface area contributed by atoms with Gasteiger partial charge in [0.15, 0.2) is 5.82 Å². The third-order valence-electron chi connectivity index (χ3n) is 2.67. The molecule has 0 spiro atoms. The third-order valence-corrected chi connectivity index (χ3v) is 3.83. The van der Waals surface area contributed by atoms with Crippen LogP contribution in [-0.4, -0.2) is 35.5 Å². The summed E-state index contributed by atoms with van der Waals surface area (Å²) in [6, 6.07) is 0. The first-order valence-corrected chi connectivity index (χ1v) is 6.79. The van der Waals surface area contributed by atoms with Gasteiger partial charge in [-0.1, -0.05) is 5.16 Å². The quantitative estimate of drug-likeness (QED) is 0.578. The van der Waals surface area contributed by atoms with Gasteiger partial charge in [-0.3, -0.25) is 9.59 Å². The number of nitrogens with zero attached hydrogens (tertiary/aromatic N) is 2. The Bertz CT molecular complexity index is 651. The van der Waals surface area contributed by atoms with Gasteiger partial charge in [0.25, 0.3) is 11.8 Å². The Morgan fingerprint density at radius 1 is 1.48 bits per heavy atom. The predicted molar refractivity (Wildman–Crippen MR) is 77.1 cm³/mol. The summed E-state index contributed by atoms with van der Waals surface area (Å²) in [6.45, 7) is 0.437. The molecule has 0 aliphatic carbocycles. The lowest BCUT2D eigenvalue weighted by atomic mass is 10.2. The van der Waals surface area contributed by atoms with Gasteiger partial charge in [0.05, 0.1) is 11.3 Å². The van der Waals surface area contributed by atoms with E-state index in [1.807, 2.05) is 0 Å². The molecule has 112 valence electrons. The smallest absolute Gasteiger partial charge is 0.263 e. The number of hydrogen-bond donors (Lipinski definition) is 4. The number of thiophene rings is 1. The van der Waals surface area contributed by atoms with E-state index in [-0.39, 0.29) is 22.0 Å². The SMILES string of the molecule is CNC(=O)c1sc(NCCc2ncon2)c(C(N)=O)c1N. The monoisotopic (exact) mass is 310 g/mol. The van der Waals surface area contributed by atoms with Gasteiger partial charge in [-0.15, -0.1) is 11.3 Å². The van der Waals surface area contributed by atoms with E-state index >= 15 is 0 Å². The maximum absolute atomic E-state index is 11.7. The van der Waals surface area contributed by atoms with Crippen molar-refractivity contribution >= 4 is 33.8 Å². The summed E-state index contributed by atoms with van der Waals surface area (Å²) < 4.78 is 4.62. The molecule has 2 aromatic rings. The minimum absolute atomic E-state index is 0.0777. The molecule has 2 rings (SSSR count). The van der Waals surface area contributed by atoms with Crippen LogP contribution in [0, 0.1) is 0 Å². The second-order valence-electron chi connectivity index (χ2n) is 4.02. The van der Waals surface area contributed by atoms with Crippen molar-refractivity contribution in [3.8, 4) is 0 Å². The van der Waals surface area contributed by atoms with E-state index in [4.69, 9.17) is 11.5 Å². The van der Waals surface area contributed by atoms with Crippen LogP contribution >= 0.6 is 11.3 Å². The van der Waals surface area contributed by atoms with E-state index in [2.05, 4.69) is 25.3 Å². The molecule has 2 aromatic heterocycles. The molecule has 6 N–H and O–H groups in total. The fraction of sp³-hybridized carbons (Fsp3) is 0.273. The van der Waals surface area contributed by atoms with Crippen LogP contribution in [0.25, 0.3) is 0 Å². The van der Waals surface area contributed by atoms with Crippen molar-refractivity contribution in [3.05, 3.63) is 22.7 Å². The molecular weight excluding hydrogens is 296 g/mol. The molecule has 2 heterocycles. The topological polar surface area (TPSA) is 149 Å². The van der Waals surface area contributed by atoms with Crippen molar-refractivity contribution in [1.29, 1.82) is 0 Å². The highest BCUT2D eigenvalue weighted by atomic mass is 32.1. The van der Waals surface area contributed by atoms with E-state index in [0.29, 0.717) is 23.8 Å². The number of aromatic nitrogens is 2. The number of carbonyl (C=O) groups excluding carboxylic acids is 2. The second kappa shape index (κ2) is 6.22. The van der Waals surface area contributed by atoms with Crippen LogP contribution in [0.5, 0.6) is 0 Å². The van der Waals surface area contributed by atoms with E-state index in [0.717, 1.165) is 11.3 Å². The first-order chi connectivity index (χ1) is 10.0. The predicted octanol–water partition coefficient (Wildman–Crippen LogP) is -0.174. The normalized spacial score (nSPS) is 10.3. The third kappa shape index (κ3) is 3.11. The van der Waals surface area contributed by atoms with Crippen molar-refractivity contribution in [3.63, 3.8) is 0 Å². The van der Waals surface area contributed by atoms with Gasteiger partial charge in [0.2, 0.25) is 6.39 Å². The van der Waals surface area contributed by atoms with Gasteiger partial charge in [-0.05, 0) is 0 Å². The molecule has 0 aromatic carbocycles. The zero-order valence-corrected chi connectivity index (χ0v) is 12.0. The summed E-state index contributed by atoms with van der Waals surface area (Å²) in [5.41, 5.74) is 11.3. The van der Waals surface area contributed by atoms with E-state index in [1.165, 1.54) is 13.4 Å². The van der Waals surface area contributed by atoms with Gasteiger partial charge in [0.1, 0.15) is 9.88 Å². The Morgan fingerprint density at radius 2 is 2.24 bits per heavy atom. The van der Waals surface area contributed by atoms with Gasteiger partial charge in [-0.2, -0.15) is 4.98 Å². The maximum Gasteiger partial charge on any atom is 0.263 e. The van der Waals surface area contributed by atoms with Crippen LogP contribution in [0.15, 0.2) is 10.9 Å². The van der Waals surface area contributed by atoms with Crippen molar-refractivity contribution in [2.45, 2.75) is 6.42 Å². The van der Waals surface area contributed by atoms with Gasteiger partial charge in [0, 0.05) is 20.0 Å². The molecule has 0 aliphatic rings. The van der Waals surface area contributed by atoms with E-state index in [9.17, 15) is 9.59 Å². The van der Waals surface area contributed by atoms with Gasteiger partial charge in [-0.25, -0.2) is 0 Å². The molecule has 10 heteroatoms. The van der Waals surface area contributed by atoms with Gasteiger partial charge < -0.3 is 26.6 Å². The van der Waals surface area contributed by atoms with Crippen LogP contribution in [0.1, 0.15) is 25.9 Å². The Hall–Kier alpha value is -2.62. The number of rotatable bonds is 6. The minimum Gasteiger partial charge on any atom is -0.397 e. The van der Waals surface area contributed by atoms with Crippen molar-refractivity contribution < 1.29 is 14.1 Å². The largest absolute Gasteiger partial charge is 0.397 e. The number of primary amides is 1. The highest BCUT2D eigenvalue weighted by Crippen LogP contribution is 2.35. The van der Waals surface area contributed by atoms with Crippen molar-refractivity contribution in [2.24, 2.45) is 5.73 Å². The molecule has 21 heavy (non-hydrogen) atoms. The molecule has 0 fully saturated rings. The van der Waals surface area contributed by atoms with Crippen LogP contribution in [0.4, 0.5) is 10.7 Å². The average Bonchev–Trinajstić information content (AvgIpc) is 3.06. The number of carbonyl (C=O) groups is 2. The standard InChI is InChI=1S/C11H14N6O3S/c1-14-10(19)8-7(12)6(9(13)18)11(21-8)15-3-2-5-16-4-20-17-5/h4,15H,2-3,12H2,1H3,(H2,13,18)(H,14,19). The van der Waals surface area contributed by atoms with Crippen LogP contribution in [0.2, 0.25) is 0 Å². The first-order valence-electron chi connectivity index (χ1n) is 5.97. The minimum atomic E-state index is -0.694. The molecule has 0 atom stereocenters. The van der Waals surface area contributed by atoms with Crippen molar-refractivity contribution in [1.82, 2.24) is 15.5 Å². The molecule has 0 bridgehead atoms. The number of nitrogens with one attached hydrogen (secondary N) is 2. The van der Waals surface area contributed by atoms with E-state index in [1.54, 1.807) is 0 Å². The summed E-state index contributed by atoms with van der Waals surface area (Å²) in [4.78, 5) is 27.3. The number of nitrogen functional groups attached to an aromatic ring is 1. The average molecular weight is 310 g/mol. The Morgan fingerprint density at radius 3 is 2.81 bits per heavy atom. The molecule has 9 nitrogen and oxygen atoms in total. The Kier molecular flexibility index (Phi) is 4.38.